The van der Waals surface area contributed by atoms with E-state index < -0.39 is 0 Å². The van der Waals surface area contributed by atoms with E-state index in [1.54, 1.807) is 16.9 Å². The molecule has 3 nitrogen and oxygen atoms in total. The maximum absolute atomic E-state index is 13.7. The van der Waals surface area contributed by atoms with E-state index in [0.29, 0.717) is 23.7 Å². The quantitative estimate of drug-likeness (QED) is 0.913. The van der Waals surface area contributed by atoms with Crippen LogP contribution in [0.2, 0.25) is 5.02 Å². The molecule has 2 N–H and O–H groups in total. The van der Waals surface area contributed by atoms with Gasteiger partial charge in [0.1, 0.15) is 5.82 Å². The lowest BCUT2D eigenvalue weighted by atomic mass is 10.1. The number of aryl methyl sites for hydroxylation is 1. The van der Waals surface area contributed by atoms with E-state index in [9.17, 15) is 4.39 Å². The molecular weight excluding hydrogens is 241 g/mol. The van der Waals surface area contributed by atoms with Crippen LogP contribution in [-0.4, -0.2) is 9.78 Å². The Morgan fingerprint density at radius 2 is 2.24 bits per heavy atom. The van der Waals surface area contributed by atoms with E-state index in [-0.39, 0.29) is 5.82 Å². The van der Waals surface area contributed by atoms with Crippen molar-refractivity contribution in [3.63, 3.8) is 0 Å². The second kappa shape index (κ2) is 4.85. The van der Waals surface area contributed by atoms with Gasteiger partial charge >= 0.3 is 0 Å². The second-order valence-corrected chi connectivity index (χ2v) is 4.30. The van der Waals surface area contributed by atoms with Crippen LogP contribution >= 0.6 is 11.6 Å². The van der Waals surface area contributed by atoms with E-state index in [1.807, 2.05) is 13.0 Å². The van der Waals surface area contributed by atoms with Crippen LogP contribution in [0, 0.1) is 12.7 Å². The Bertz CT molecular complexity index is 517. The van der Waals surface area contributed by atoms with Gasteiger partial charge < -0.3 is 5.73 Å². The first-order chi connectivity index (χ1) is 8.10. The molecule has 0 aliphatic carbocycles. The average molecular weight is 254 g/mol. The summed E-state index contributed by atoms with van der Waals surface area (Å²) in [5, 5.41) is 4.77. The third-order valence-electron chi connectivity index (χ3n) is 2.57. The van der Waals surface area contributed by atoms with Gasteiger partial charge in [-0.05, 0) is 18.6 Å². The van der Waals surface area contributed by atoms with Crippen LogP contribution in [0.4, 0.5) is 4.39 Å². The molecule has 0 radical (unpaired) electrons. The minimum Gasteiger partial charge on any atom is -0.326 e. The number of nitrogens with zero attached hydrogens (tertiary/aromatic N) is 2. The second-order valence-electron chi connectivity index (χ2n) is 3.89. The van der Waals surface area contributed by atoms with E-state index in [1.165, 1.54) is 6.07 Å². The molecule has 0 aliphatic rings. The maximum Gasteiger partial charge on any atom is 0.128 e. The highest BCUT2D eigenvalue weighted by Gasteiger charge is 2.07. The summed E-state index contributed by atoms with van der Waals surface area (Å²) in [7, 11) is 0. The zero-order chi connectivity index (χ0) is 12.4. The number of nitrogens with two attached hydrogens (primary N) is 1. The molecule has 0 aliphatic heterocycles. The predicted molar refractivity (Wildman–Crippen MR) is 65.4 cm³/mol. The number of rotatable bonds is 3. The lowest BCUT2D eigenvalue weighted by Gasteiger charge is -2.05. The van der Waals surface area contributed by atoms with Crippen LogP contribution in [0.25, 0.3) is 0 Å². The van der Waals surface area contributed by atoms with Gasteiger partial charge in [-0.2, -0.15) is 5.10 Å². The van der Waals surface area contributed by atoms with Crippen molar-refractivity contribution in [1.29, 1.82) is 0 Å². The van der Waals surface area contributed by atoms with E-state index >= 15 is 0 Å². The fraction of sp³-hybridized carbons (Fsp3) is 0.250. The topological polar surface area (TPSA) is 43.8 Å². The normalized spacial score (nSPS) is 10.8. The molecule has 0 saturated heterocycles. The Kier molecular flexibility index (Phi) is 3.45. The minimum atomic E-state index is -0.266. The smallest absolute Gasteiger partial charge is 0.128 e. The number of benzene rings is 1. The van der Waals surface area contributed by atoms with Gasteiger partial charge in [-0.15, -0.1) is 0 Å². The molecule has 1 aromatic heterocycles. The van der Waals surface area contributed by atoms with Crippen LogP contribution in [-0.2, 0) is 13.1 Å². The Morgan fingerprint density at radius 3 is 2.76 bits per heavy atom. The molecule has 1 aromatic carbocycles. The monoisotopic (exact) mass is 253 g/mol. The van der Waals surface area contributed by atoms with Gasteiger partial charge in [0.15, 0.2) is 0 Å². The van der Waals surface area contributed by atoms with Gasteiger partial charge in [0.05, 0.1) is 17.3 Å². The van der Waals surface area contributed by atoms with Gasteiger partial charge in [0.2, 0.25) is 0 Å². The summed E-state index contributed by atoms with van der Waals surface area (Å²) in [5.41, 5.74) is 7.53. The molecule has 90 valence electrons. The Morgan fingerprint density at radius 1 is 1.47 bits per heavy atom. The molecule has 0 bridgehead atoms. The van der Waals surface area contributed by atoms with Crippen LogP contribution in [0.3, 0.4) is 0 Å². The van der Waals surface area contributed by atoms with Gasteiger partial charge in [-0.3, -0.25) is 4.68 Å². The molecule has 17 heavy (non-hydrogen) atoms. The van der Waals surface area contributed by atoms with Crippen LogP contribution in [0.5, 0.6) is 0 Å². The fourth-order valence-corrected chi connectivity index (χ4v) is 1.75. The van der Waals surface area contributed by atoms with Crippen LogP contribution in [0.1, 0.15) is 16.8 Å². The Balaban J connectivity index is 2.24. The zero-order valence-corrected chi connectivity index (χ0v) is 10.2. The summed E-state index contributed by atoms with van der Waals surface area (Å²) < 4.78 is 15.3. The average Bonchev–Trinajstić information content (AvgIpc) is 2.61. The maximum atomic E-state index is 13.7. The zero-order valence-electron chi connectivity index (χ0n) is 9.45. The molecule has 0 saturated carbocycles. The van der Waals surface area contributed by atoms with Gasteiger partial charge in [-0.1, -0.05) is 23.7 Å². The van der Waals surface area contributed by atoms with Crippen molar-refractivity contribution in [2.24, 2.45) is 5.73 Å². The molecule has 2 rings (SSSR count). The first-order valence-electron chi connectivity index (χ1n) is 5.27. The summed E-state index contributed by atoms with van der Waals surface area (Å²) >= 11 is 5.89. The number of hydrogen-bond donors (Lipinski definition) is 1. The highest BCUT2D eigenvalue weighted by molar-refractivity contribution is 6.31. The lowest BCUT2D eigenvalue weighted by molar-refractivity contribution is 0.582. The third-order valence-corrected chi connectivity index (χ3v) is 2.94. The summed E-state index contributed by atoms with van der Waals surface area (Å²) in [6.45, 7) is 2.51. The summed E-state index contributed by atoms with van der Waals surface area (Å²) in [6.07, 6.45) is 1.69. The Labute approximate surface area is 104 Å². The summed E-state index contributed by atoms with van der Waals surface area (Å²) in [5.74, 6) is -0.266. The summed E-state index contributed by atoms with van der Waals surface area (Å²) in [4.78, 5) is 0. The van der Waals surface area contributed by atoms with Crippen molar-refractivity contribution in [2.75, 3.05) is 0 Å². The van der Waals surface area contributed by atoms with E-state index in [2.05, 4.69) is 5.10 Å². The van der Waals surface area contributed by atoms with Crippen molar-refractivity contribution < 1.29 is 4.39 Å². The number of halogens is 2. The number of aromatic nitrogens is 2. The highest BCUT2D eigenvalue weighted by atomic mass is 35.5. The first kappa shape index (κ1) is 12.1. The summed E-state index contributed by atoms with van der Waals surface area (Å²) in [6, 6.07) is 4.99. The van der Waals surface area contributed by atoms with Crippen molar-refractivity contribution in [1.82, 2.24) is 9.78 Å². The first-order valence-corrected chi connectivity index (χ1v) is 5.65. The molecule has 0 unspecified atom stereocenters. The van der Waals surface area contributed by atoms with Crippen molar-refractivity contribution in [3.05, 3.63) is 52.1 Å². The van der Waals surface area contributed by atoms with E-state index in [4.69, 9.17) is 17.3 Å². The molecule has 0 atom stereocenters. The fourth-order valence-electron chi connectivity index (χ4n) is 1.60. The van der Waals surface area contributed by atoms with Gasteiger partial charge in [-0.25, -0.2) is 4.39 Å². The molecular formula is C12H13ClFN3. The van der Waals surface area contributed by atoms with E-state index in [0.717, 1.165) is 11.3 Å². The third kappa shape index (κ3) is 2.65. The molecule has 2 aromatic rings. The molecule has 5 heteroatoms. The molecule has 1 heterocycles. The molecule has 0 spiro atoms. The standard InChI is InChI=1S/C12H13ClFN3/c1-8-11(13)7-17(16-8)6-10-3-2-9(5-15)4-12(10)14/h2-4,7H,5-6,15H2,1H3. The van der Waals surface area contributed by atoms with Crippen molar-refractivity contribution >= 4 is 11.6 Å². The van der Waals surface area contributed by atoms with Crippen molar-refractivity contribution in [2.45, 2.75) is 20.0 Å². The SMILES string of the molecule is Cc1nn(Cc2ccc(CN)cc2F)cc1Cl. The predicted octanol–water partition coefficient (Wildman–Crippen LogP) is 2.49. The van der Waals surface area contributed by atoms with Crippen molar-refractivity contribution in [3.8, 4) is 0 Å². The lowest BCUT2D eigenvalue weighted by Crippen LogP contribution is -2.04. The van der Waals surface area contributed by atoms with Gasteiger partial charge in [0.25, 0.3) is 0 Å². The Hall–Kier alpha value is -1.39. The molecule has 0 amide bonds. The molecule has 0 fully saturated rings. The highest BCUT2D eigenvalue weighted by Crippen LogP contribution is 2.15. The largest absolute Gasteiger partial charge is 0.326 e. The van der Waals surface area contributed by atoms with Crippen LogP contribution in [0.15, 0.2) is 24.4 Å². The van der Waals surface area contributed by atoms with Crippen LogP contribution < -0.4 is 5.73 Å². The number of hydrogen-bond acceptors (Lipinski definition) is 2. The van der Waals surface area contributed by atoms with Gasteiger partial charge in [0, 0.05) is 18.3 Å². The minimum absolute atomic E-state index is 0.266.